The molecule has 3 N–H and O–H groups in total. The van der Waals surface area contributed by atoms with Gasteiger partial charge in [-0.25, -0.2) is 8.42 Å². The number of ether oxygens (including phenoxy) is 1. The van der Waals surface area contributed by atoms with Crippen molar-refractivity contribution < 1.29 is 35.9 Å². The lowest BCUT2D eigenvalue weighted by atomic mass is 10.1. The van der Waals surface area contributed by atoms with Crippen LogP contribution in [0.15, 0.2) is 29.2 Å². The number of nitrogens with two attached hydrogens (primary N) is 1. The van der Waals surface area contributed by atoms with Crippen molar-refractivity contribution in [1.29, 1.82) is 0 Å². The Morgan fingerprint density at radius 1 is 1.27 bits per heavy atom. The molecule has 1 atom stereocenters. The van der Waals surface area contributed by atoms with Crippen LogP contribution in [-0.4, -0.2) is 32.9 Å². The summed E-state index contributed by atoms with van der Waals surface area (Å²) in [6.07, 6.45) is -4.71. The maximum Gasteiger partial charge on any atom is 0.416 e. The van der Waals surface area contributed by atoms with Gasteiger partial charge in [-0.3, -0.25) is 9.59 Å². The van der Waals surface area contributed by atoms with Crippen LogP contribution >= 0.6 is 0 Å². The second-order valence-corrected chi connectivity index (χ2v) is 7.62. The lowest BCUT2D eigenvalue weighted by molar-refractivity contribution is -0.149. The van der Waals surface area contributed by atoms with Crippen molar-refractivity contribution in [2.45, 2.75) is 37.4 Å². The fraction of sp³-hybridized carbons (Fsp3) is 0.467. The second kappa shape index (κ2) is 8.49. The van der Waals surface area contributed by atoms with E-state index >= 15 is 0 Å². The third-order valence-electron chi connectivity index (χ3n) is 3.12. The number of sulfonamides is 1. The minimum absolute atomic E-state index is 0.00971. The first-order valence-corrected chi connectivity index (χ1v) is 8.95. The SMILES string of the molecule is CC(C)CC(NS(=O)(=O)c1cccc(C(F)(F)F)c1)C(=O)OCC(N)=O. The molecule has 7 nitrogen and oxygen atoms in total. The average Bonchev–Trinajstić information content (AvgIpc) is 2.50. The Morgan fingerprint density at radius 2 is 1.88 bits per heavy atom. The van der Waals surface area contributed by atoms with Gasteiger partial charge in [0.05, 0.1) is 10.5 Å². The second-order valence-electron chi connectivity index (χ2n) is 5.90. The van der Waals surface area contributed by atoms with Crippen molar-refractivity contribution in [2.24, 2.45) is 11.7 Å². The summed E-state index contributed by atoms with van der Waals surface area (Å²) in [6, 6.07) is 1.72. The number of esters is 1. The average molecular weight is 396 g/mol. The molecule has 0 aliphatic carbocycles. The van der Waals surface area contributed by atoms with Crippen molar-refractivity contribution in [3.8, 4) is 0 Å². The van der Waals surface area contributed by atoms with Crippen molar-refractivity contribution in [2.75, 3.05) is 6.61 Å². The molecule has 0 aliphatic rings. The highest BCUT2D eigenvalue weighted by Gasteiger charge is 2.33. The first-order valence-electron chi connectivity index (χ1n) is 7.47. The summed E-state index contributed by atoms with van der Waals surface area (Å²) in [5, 5.41) is 0. The molecule has 1 amide bonds. The Bertz CT molecular complexity index is 763. The number of carbonyl (C=O) groups is 2. The lowest BCUT2D eigenvalue weighted by Crippen LogP contribution is -2.43. The first kappa shape index (κ1) is 21.9. The fourth-order valence-corrected chi connectivity index (χ4v) is 3.24. The summed E-state index contributed by atoms with van der Waals surface area (Å²) in [5.41, 5.74) is 3.71. The summed E-state index contributed by atoms with van der Waals surface area (Å²) < 4.78 is 69.6. The number of rotatable bonds is 8. The van der Waals surface area contributed by atoms with E-state index in [-0.39, 0.29) is 12.3 Å². The molecule has 0 fully saturated rings. The quantitative estimate of drug-likeness (QED) is 0.645. The fourth-order valence-electron chi connectivity index (χ4n) is 2.00. The van der Waals surface area contributed by atoms with Crippen molar-refractivity contribution in [3.05, 3.63) is 29.8 Å². The number of hydrogen-bond acceptors (Lipinski definition) is 5. The summed E-state index contributed by atoms with van der Waals surface area (Å²) in [4.78, 5) is 22.0. The predicted molar refractivity (Wildman–Crippen MR) is 85.2 cm³/mol. The topological polar surface area (TPSA) is 116 Å². The molecular weight excluding hydrogens is 377 g/mol. The molecule has 146 valence electrons. The van der Waals surface area contributed by atoms with Gasteiger partial charge in [-0.15, -0.1) is 0 Å². The zero-order chi connectivity index (χ0) is 20.1. The van der Waals surface area contributed by atoms with Gasteiger partial charge in [-0.05, 0) is 30.5 Å². The lowest BCUT2D eigenvalue weighted by Gasteiger charge is -2.19. The summed E-state index contributed by atoms with van der Waals surface area (Å²) in [7, 11) is -4.44. The van der Waals surface area contributed by atoms with Crippen LogP contribution in [0.25, 0.3) is 0 Å². The largest absolute Gasteiger partial charge is 0.454 e. The van der Waals surface area contributed by atoms with E-state index in [9.17, 15) is 31.2 Å². The van der Waals surface area contributed by atoms with Crippen LogP contribution in [0.1, 0.15) is 25.8 Å². The number of amides is 1. The smallest absolute Gasteiger partial charge is 0.416 e. The van der Waals surface area contributed by atoms with Crippen molar-refractivity contribution in [1.82, 2.24) is 4.72 Å². The summed E-state index contributed by atoms with van der Waals surface area (Å²) >= 11 is 0. The van der Waals surface area contributed by atoms with E-state index in [2.05, 4.69) is 4.74 Å². The Balaban J connectivity index is 3.08. The van der Waals surface area contributed by atoms with Crippen molar-refractivity contribution >= 4 is 21.9 Å². The summed E-state index contributed by atoms with van der Waals surface area (Å²) in [6.45, 7) is 2.67. The normalized spacial score (nSPS) is 13.5. The highest BCUT2D eigenvalue weighted by Crippen LogP contribution is 2.30. The molecule has 0 spiro atoms. The Morgan fingerprint density at radius 3 is 2.38 bits per heavy atom. The van der Waals surface area contributed by atoms with Gasteiger partial charge in [0.25, 0.3) is 5.91 Å². The molecule has 1 rings (SSSR count). The zero-order valence-electron chi connectivity index (χ0n) is 14.0. The number of carbonyl (C=O) groups excluding carboxylic acids is 2. The first-order chi connectivity index (χ1) is 11.8. The number of benzene rings is 1. The van der Waals surface area contributed by atoms with E-state index in [0.29, 0.717) is 6.07 Å². The van der Waals surface area contributed by atoms with Crippen molar-refractivity contribution in [3.63, 3.8) is 0 Å². The van der Waals surface area contributed by atoms with Gasteiger partial charge in [-0.2, -0.15) is 17.9 Å². The molecule has 11 heteroatoms. The number of nitrogens with one attached hydrogen (secondary N) is 1. The number of hydrogen-bond donors (Lipinski definition) is 2. The highest BCUT2D eigenvalue weighted by atomic mass is 32.2. The van der Waals surface area contributed by atoms with E-state index in [0.717, 1.165) is 18.2 Å². The van der Waals surface area contributed by atoms with Crippen LogP contribution in [-0.2, 0) is 30.5 Å². The van der Waals surface area contributed by atoms with Gasteiger partial charge in [0, 0.05) is 0 Å². The van der Waals surface area contributed by atoms with E-state index in [1.54, 1.807) is 13.8 Å². The van der Waals surface area contributed by atoms with Crippen LogP contribution in [0.5, 0.6) is 0 Å². The molecule has 0 saturated heterocycles. The Kier molecular flexibility index (Phi) is 7.16. The minimum Gasteiger partial charge on any atom is -0.454 e. The monoisotopic (exact) mass is 396 g/mol. The van der Waals surface area contributed by atoms with Gasteiger partial charge in [0.15, 0.2) is 6.61 Å². The Hall–Kier alpha value is -2.14. The molecule has 0 heterocycles. The van der Waals surface area contributed by atoms with Crippen LogP contribution in [0.4, 0.5) is 13.2 Å². The molecular formula is C15H19F3N2O5S. The molecule has 0 aromatic heterocycles. The van der Waals surface area contributed by atoms with Gasteiger partial charge in [-0.1, -0.05) is 19.9 Å². The number of halogens is 3. The number of primary amides is 1. The maximum atomic E-state index is 12.8. The molecule has 1 aromatic carbocycles. The zero-order valence-corrected chi connectivity index (χ0v) is 14.9. The molecule has 0 radical (unpaired) electrons. The molecule has 1 unspecified atom stereocenters. The van der Waals surface area contributed by atoms with Crippen LogP contribution in [0, 0.1) is 5.92 Å². The van der Waals surface area contributed by atoms with Gasteiger partial charge in [0.1, 0.15) is 6.04 Å². The van der Waals surface area contributed by atoms with E-state index in [1.165, 1.54) is 0 Å². The molecule has 0 saturated carbocycles. The molecule has 0 aliphatic heterocycles. The maximum absolute atomic E-state index is 12.8. The highest BCUT2D eigenvalue weighted by molar-refractivity contribution is 7.89. The van der Waals surface area contributed by atoms with Crippen LogP contribution in [0.2, 0.25) is 0 Å². The molecule has 1 aromatic rings. The minimum atomic E-state index is -4.72. The third-order valence-corrected chi connectivity index (χ3v) is 4.59. The van der Waals surface area contributed by atoms with Gasteiger partial charge >= 0.3 is 12.1 Å². The van der Waals surface area contributed by atoms with E-state index in [1.807, 2.05) is 4.72 Å². The van der Waals surface area contributed by atoms with Crippen LogP contribution < -0.4 is 10.5 Å². The standard InChI is InChI=1S/C15H19F3N2O5S/c1-9(2)6-12(14(22)25-8-13(19)21)20-26(23,24)11-5-3-4-10(7-11)15(16,17)18/h3-5,7,9,12,20H,6,8H2,1-2H3,(H2,19,21). The Labute approximate surface area is 148 Å². The van der Waals surface area contributed by atoms with E-state index < -0.39 is 51.2 Å². The molecule has 0 bridgehead atoms. The van der Waals surface area contributed by atoms with E-state index in [4.69, 9.17) is 5.73 Å². The van der Waals surface area contributed by atoms with Gasteiger partial charge in [0.2, 0.25) is 10.0 Å². The molecule has 26 heavy (non-hydrogen) atoms. The summed E-state index contributed by atoms with van der Waals surface area (Å²) in [5.74, 6) is -2.12. The third kappa shape index (κ3) is 6.64. The van der Waals surface area contributed by atoms with Gasteiger partial charge < -0.3 is 10.5 Å². The van der Waals surface area contributed by atoms with Crippen LogP contribution in [0.3, 0.4) is 0 Å². The number of alkyl halides is 3. The predicted octanol–water partition coefficient (Wildman–Crippen LogP) is 1.43.